The van der Waals surface area contributed by atoms with Crippen LogP contribution < -0.4 is 5.32 Å². The highest BCUT2D eigenvalue weighted by Crippen LogP contribution is 2.41. The lowest BCUT2D eigenvalue weighted by molar-refractivity contribution is 0.468. The number of phenols is 1. The Morgan fingerprint density at radius 2 is 1.62 bits per heavy atom. The van der Waals surface area contributed by atoms with Crippen LogP contribution in [-0.4, -0.2) is 15.3 Å². The number of nitrogens with one attached hydrogen (secondary N) is 1. The van der Waals surface area contributed by atoms with Gasteiger partial charge in [-0.1, -0.05) is 101 Å². The molecule has 0 radical (unpaired) electrons. The van der Waals surface area contributed by atoms with Crippen molar-refractivity contribution in [3.05, 3.63) is 106 Å². The number of nitrogens with zero attached hydrogens (tertiary/aromatic N) is 2. The molecule has 4 nitrogen and oxygen atoms in total. The second-order valence-corrected chi connectivity index (χ2v) is 9.06. The zero-order valence-corrected chi connectivity index (χ0v) is 19.0. The number of benzene rings is 4. The third kappa shape index (κ3) is 4.02. The van der Waals surface area contributed by atoms with Gasteiger partial charge in [-0.05, 0) is 34.5 Å². The number of aromatic hydroxyl groups is 1. The van der Waals surface area contributed by atoms with Crippen LogP contribution in [0.5, 0.6) is 5.75 Å². The van der Waals surface area contributed by atoms with E-state index in [9.17, 15) is 5.11 Å². The Morgan fingerprint density at radius 1 is 0.844 bits per heavy atom. The second kappa shape index (κ2) is 8.79. The predicted molar refractivity (Wildman–Crippen MR) is 133 cm³/mol. The molecule has 4 aromatic carbocycles. The van der Waals surface area contributed by atoms with E-state index in [4.69, 9.17) is 23.2 Å². The van der Waals surface area contributed by atoms with E-state index in [1.54, 1.807) is 18.2 Å². The van der Waals surface area contributed by atoms with Crippen LogP contribution in [0, 0.1) is 0 Å². The largest absolute Gasteiger partial charge is 0.508 e. The van der Waals surface area contributed by atoms with Crippen molar-refractivity contribution in [2.24, 2.45) is 0 Å². The molecule has 0 saturated carbocycles. The molecule has 5 rings (SSSR count). The van der Waals surface area contributed by atoms with Gasteiger partial charge in [-0.15, -0.1) is 10.2 Å². The lowest BCUT2D eigenvalue weighted by Crippen LogP contribution is -2.13. The molecule has 1 aromatic heterocycles. The summed E-state index contributed by atoms with van der Waals surface area (Å²) in [6.07, 6.45) is 0. The minimum atomic E-state index is -0.470. The van der Waals surface area contributed by atoms with Crippen LogP contribution in [0.25, 0.3) is 21.3 Å². The molecule has 0 bridgehead atoms. The summed E-state index contributed by atoms with van der Waals surface area (Å²) < 4.78 is 0. The van der Waals surface area contributed by atoms with E-state index in [1.807, 2.05) is 66.7 Å². The normalized spacial score (nSPS) is 12.1. The van der Waals surface area contributed by atoms with E-state index >= 15 is 0 Å². The van der Waals surface area contributed by atoms with Gasteiger partial charge in [-0.2, -0.15) is 0 Å². The molecule has 5 aromatic rings. The van der Waals surface area contributed by atoms with Crippen molar-refractivity contribution in [3.8, 4) is 16.3 Å². The summed E-state index contributed by atoms with van der Waals surface area (Å²) in [6, 6.07) is 26.3. The number of phenolic OH excluding ortho intramolecular Hbond substituents is 1. The summed E-state index contributed by atoms with van der Waals surface area (Å²) in [5, 5.41) is 27.4. The van der Waals surface area contributed by atoms with Crippen LogP contribution >= 0.6 is 34.5 Å². The van der Waals surface area contributed by atoms with Gasteiger partial charge in [0.15, 0.2) is 0 Å². The van der Waals surface area contributed by atoms with Gasteiger partial charge < -0.3 is 10.4 Å². The molecule has 0 aliphatic carbocycles. The van der Waals surface area contributed by atoms with Crippen LogP contribution in [0.3, 0.4) is 0 Å². The molecule has 1 atom stereocenters. The average Bonchev–Trinajstić information content (AvgIpc) is 3.27. The summed E-state index contributed by atoms with van der Waals surface area (Å²) in [5.74, 6) is 0.167. The maximum absolute atomic E-state index is 10.9. The molecule has 1 heterocycles. The topological polar surface area (TPSA) is 58.0 Å². The van der Waals surface area contributed by atoms with Gasteiger partial charge in [0.2, 0.25) is 5.13 Å². The van der Waals surface area contributed by atoms with Crippen LogP contribution in [0.1, 0.15) is 17.2 Å². The number of aromatic nitrogens is 2. The van der Waals surface area contributed by atoms with E-state index in [0.717, 1.165) is 26.9 Å². The van der Waals surface area contributed by atoms with Crippen molar-refractivity contribution in [3.63, 3.8) is 0 Å². The highest BCUT2D eigenvalue weighted by molar-refractivity contribution is 7.18. The molecule has 0 spiro atoms. The zero-order chi connectivity index (χ0) is 22.1. The highest BCUT2D eigenvalue weighted by atomic mass is 35.5. The first-order valence-corrected chi connectivity index (χ1v) is 11.5. The highest BCUT2D eigenvalue weighted by Gasteiger charge is 2.24. The molecule has 158 valence electrons. The molecule has 32 heavy (non-hydrogen) atoms. The van der Waals surface area contributed by atoms with Crippen LogP contribution in [0.4, 0.5) is 5.13 Å². The number of halogens is 2. The van der Waals surface area contributed by atoms with E-state index in [0.29, 0.717) is 20.7 Å². The lowest BCUT2D eigenvalue weighted by Gasteiger charge is -2.23. The summed E-state index contributed by atoms with van der Waals surface area (Å²) in [6.45, 7) is 0. The summed E-state index contributed by atoms with van der Waals surface area (Å²) in [4.78, 5) is 0. The number of fused-ring (bicyclic) bond motifs is 1. The molecular weight excluding hydrogens is 461 g/mol. The predicted octanol–water partition coefficient (Wildman–Crippen LogP) is 7.57. The zero-order valence-electron chi connectivity index (χ0n) is 16.7. The minimum Gasteiger partial charge on any atom is -0.508 e. The summed E-state index contributed by atoms with van der Waals surface area (Å²) in [5.41, 5.74) is 2.48. The third-order valence-electron chi connectivity index (χ3n) is 5.22. The molecule has 0 fully saturated rings. The van der Waals surface area contributed by atoms with E-state index in [-0.39, 0.29) is 5.75 Å². The van der Waals surface area contributed by atoms with Crippen molar-refractivity contribution >= 4 is 50.4 Å². The molecule has 2 N–H and O–H groups in total. The fourth-order valence-corrected chi connectivity index (χ4v) is 5.03. The summed E-state index contributed by atoms with van der Waals surface area (Å²) in [7, 11) is 0. The maximum atomic E-state index is 10.9. The van der Waals surface area contributed by atoms with Crippen LogP contribution in [0.2, 0.25) is 10.0 Å². The maximum Gasteiger partial charge on any atom is 0.206 e. The molecule has 0 aliphatic heterocycles. The van der Waals surface area contributed by atoms with Gasteiger partial charge in [0, 0.05) is 21.2 Å². The Kier molecular flexibility index (Phi) is 5.70. The Bertz CT molecular complexity index is 1410. The van der Waals surface area contributed by atoms with Gasteiger partial charge in [-0.3, -0.25) is 0 Å². The van der Waals surface area contributed by atoms with Crippen molar-refractivity contribution in [2.45, 2.75) is 6.04 Å². The molecule has 1 unspecified atom stereocenters. The number of rotatable bonds is 5. The first-order chi connectivity index (χ1) is 15.6. The Morgan fingerprint density at radius 3 is 2.44 bits per heavy atom. The van der Waals surface area contributed by atoms with E-state index < -0.39 is 6.04 Å². The number of hydrogen-bond donors (Lipinski definition) is 2. The van der Waals surface area contributed by atoms with Gasteiger partial charge in [-0.25, -0.2) is 0 Å². The quantitative estimate of drug-likeness (QED) is 0.274. The third-order valence-corrected chi connectivity index (χ3v) is 6.69. The standard InChI is InChI=1S/C25H17Cl2N3OS/c26-17-11-12-19(20(27)14-17)23(22-18-9-5-4-6-15(18)10-13-21(22)31)28-25-30-29-24(32-25)16-7-2-1-3-8-16/h1-14,23,31H,(H,28,30). The van der Waals surface area contributed by atoms with Gasteiger partial charge in [0.1, 0.15) is 10.8 Å². The van der Waals surface area contributed by atoms with E-state index in [2.05, 4.69) is 15.5 Å². The lowest BCUT2D eigenvalue weighted by atomic mass is 9.93. The molecular formula is C25H17Cl2N3OS. The summed E-state index contributed by atoms with van der Waals surface area (Å²) >= 11 is 14.2. The average molecular weight is 478 g/mol. The molecule has 0 saturated heterocycles. The number of anilines is 1. The monoisotopic (exact) mass is 477 g/mol. The molecule has 0 amide bonds. The second-order valence-electron chi connectivity index (χ2n) is 7.24. The van der Waals surface area contributed by atoms with Crippen LogP contribution in [-0.2, 0) is 0 Å². The Labute approximate surface area is 199 Å². The van der Waals surface area contributed by atoms with Crippen molar-refractivity contribution in [1.82, 2.24) is 10.2 Å². The van der Waals surface area contributed by atoms with Crippen LogP contribution in [0.15, 0.2) is 84.9 Å². The van der Waals surface area contributed by atoms with E-state index in [1.165, 1.54) is 11.3 Å². The fraction of sp³-hybridized carbons (Fsp3) is 0.0400. The van der Waals surface area contributed by atoms with Gasteiger partial charge in [0.25, 0.3) is 0 Å². The Balaban J connectivity index is 1.64. The SMILES string of the molecule is Oc1ccc2ccccc2c1C(Nc1nnc(-c2ccccc2)s1)c1ccc(Cl)cc1Cl. The molecule has 7 heteroatoms. The smallest absolute Gasteiger partial charge is 0.206 e. The van der Waals surface area contributed by atoms with Crippen molar-refractivity contribution in [1.29, 1.82) is 0 Å². The first-order valence-electron chi connectivity index (χ1n) is 9.91. The molecule has 0 aliphatic rings. The Hall–Kier alpha value is -3.12. The van der Waals surface area contributed by atoms with Crippen molar-refractivity contribution in [2.75, 3.05) is 5.32 Å². The van der Waals surface area contributed by atoms with Gasteiger partial charge >= 0.3 is 0 Å². The first kappa shape index (κ1) is 20.8. The minimum absolute atomic E-state index is 0.167. The fourth-order valence-electron chi connectivity index (χ4n) is 3.73. The van der Waals surface area contributed by atoms with Gasteiger partial charge in [0.05, 0.1) is 6.04 Å². The number of hydrogen-bond acceptors (Lipinski definition) is 5. The van der Waals surface area contributed by atoms with Crippen molar-refractivity contribution < 1.29 is 5.11 Å².